The molecule has 3 heteroatoms. The lowest BCUT2D eigenvalue weighted by Gasteiger charge is -2.25. The van der Waals surface area contributed by atoms with Crippen molar-refractivity contribution < 1.29 is 9.18 Å². The molecule has 1 fully saturated rings. The lowest BCUT2D eigenvalue weighted by atomic mass is 9.93. The predicted octanol–water partition coefficient (Wildman–Crippen LogP) is 1.11. The molecule has 68 valence electrons. The van der Waals surface area contributed by atoms with Gasteiger partial charge in [-0.3, -0.25) is 4.79 Å². The lowest BCUT2D eigenvalue weighted by molar-refractivity contribution is -0.131. The van der Waals surface area contributed by atoms with Gasteiger partial charge >= 0.3 is 0 Å². The van der Waals surface area contributed by atoms with Crippen LogP contribution in [0.2, 0.25) is 0 Å². The monoisotopic (exact) mass is 179 g/mol. The van der Waals surface area contributed by atoms with Crippen molar-refractivity contribution in [3.05, 3.63) is 35.6 Å². The first-order valence-electron chi connectivity index (χ1n) is 4.28. The fourth-order valence-corrected chi connectivity index (χ4v) is 1.40. The molecular weight excluding hydrogens is 169 g/mol. The molecule has 1 unspecified atom stereocenters. The zero-order valence-electron chi connectivity index (χ0n) is 7.09. The van der Waals surface area contributed by atoms with E-state index in [9.17, 15) is 9.18 Å². The van der Waals surface area contributed by atoms with Crippen LogP contribution < -0.4 is 5.32 Å². The van der Waals surface area contributed by atoms with E-state index >= 15 is 0 Å². The number of benzene rings is 1. The zero-order chi connectivity index (χ0) is 9.26. The van der Waals surface area contributed by atoms with Crippen LogP contribution in [0.3, 0.4) is 0 Å². The molecule has 0 radical (unpaired) electrons. The van der Waals surface area contributed by atoms with Gasteiger partial charge in [0.2, 0.25) is 5.91 Å². The molecule has 2 nitrogen and oxygen atoms in total. The fourth-order valence-electron chi connectivity index (χ4n) is 1.40. The first-order valence-corrected chi connectivity index (χ1v) is 4.28. The number of rotatable bonds is 2. The molecule has 1 aliphatic rings. The molecule has 0 aromatic heterocycles. The summed E-state index contributed by atoms with van der Waals surface area (Å²) >= 11 is 0. The van der Waals surface area contributed by atoms with E-state index in [4.69, 9.17) is 0 Å². The van der Waals surface area contributed by atoms with Crippen LogP contribution in [0.1, 0.15) is 5.56 Å². The highest BCUT2D eigenvalue weighted by Crippen LogP contribution is 2.13. The second-order valence-corrected chi connectivity index (χ2v) is 3.27. The van der Waals surface area contributed by atoms with Gasteiger partial charge in [-0.2, -0.15) is 0 Å². The van der Waals surface area contributed by atoms with Gasteiger partial charge in [0.25, 0.3) is 0 Å². The third-order valence-electron chi connectivity index (χ3n) is 2.29. The smallest absolute Gasteiger partial charge is 0.225 e. The molecule has 1 atom stereocenters. The number of β-lactam (4-membered cyclic amide) rings is 1. The van der Waals surface area contributed by atoms with Crippen molar-refractivity contribution in [1.82, 2.24) is 5.32 Å². The molecule has 1 amide bonds. The van der Waals surface area contributed by atoms with Crippen LogP contribution in [0, 0.1) is 11.7 Å². The molecule has 0 spiro atoms. The predicted molar refractivity (Wildman–Crippen MR) is 46.6 cm³/mol. The largest absolute Gasteiger partial charge is 0.355 e. The second kappa shape index (κ2) is 3.17. The minimum absolute atomic E-state index is 0.0884. The average molecular weight is 179 g/mol. The Morgan fingerprint density at radius 1 is 1.38 bits per heavy atom. The highest BCUT2D eigenvalue weighted by Gasteiger charge is 2.27. The third-order valence-corrected chi connectivity index (χ3v) is 2.29. The number of hydrogen-bond donors (Lipinski definition) is 1. The molecule has 0 bridgehead atoms. The maximum atomic E-state index is 12.5. The van der Waals surface area contributed by atoms with Gasteiger partial charge in [0.1, 0.15) is 5.82 Å². The van der Waals surface area contributed by atoms with E-state index in [0.29, 0.717) is 6.42 Å². The summed E-state index contributed by atoms with van der Waals surface area (Å²) in [6.45, 7) is 0.746. The summed E-state index contributed by atoms with van der Waals surface area (Å²) in [5, 5.41) is 2.68. The molecule has 1 saturated heterocycles. The van der Waals surface area contributed by atoms with Gasteiger partial charge in [0.15, 0.2) is 0 Å². The molecule has 0 saturated carbocycles. The van der Waals surface area contributed by atoms with Crippen molar-refractivity contribution >= 4 is 5.91 Å². The summed E-state index contributed by atoms with van der Waals surface area (Å²) < 4.78 is 12.5. The Bertz CT molecular complexity index is 320. The van der Waals surface area contributed by atoms with E-state index in [1.807, 2.05) is 0 Å². The number of hydrogen-bond acceptors (Lipinski definition) is 1. The van der Waals surface area contributed by atoms with Crippen molar-refractivity contribution in [2.45, 2.75) is 6.42 Å². The zero-order valence-corrected chi connectivity index (χ0v) is 7.09. The molecule has 1 N–H and O–H groups in total. The number of carbonyl (C=O) groups is 1. The summed E-state index contributed by atoms with van der Waals surface area (Å²) in [5.74, 6) is -0.0448. The van der Waals surface area contributed by atoms with Crippen molar-refractivity contribution in [3.8, 4) is 0 Å². The molecule has 13 heavy (non-hydrogen) atoms. The first-order chi connectivity index (χ1) is 6.25. The third kappa shape index (κ3) is 1.69. The van der Waals surface area contributed by atoms with E-state index in [1.54, 1.807) is 12.1 Å². The molecule has 1 heterocycles. The summed E-state index contributed by atoms with van der Waals surface area (Å²) in [7, 11) is 0. The maximum Gasteiger partial charge on any atom is 0.225 e. The van der Waals surface area contributed by atoms with Gasteiger partial charge in [-0.25, -0.2) is 4.39 Å². The van der Waals surface area contributed by atoms with Gasteiger partial charge in [-0.05, 0) is 24.1 Å². The fraction of sp³-hybridized carbons (Fsp3) is 0.300. The van der Waals surface area contributed by atoms with E-state index in [0.717, 1.165) is 12.1 Å². The van der Waals surface area contributed by atoms with Crippen LogP contribution in [0.4, 0.5) is 4.39 Å². The van der Waals surface area contributed by atoms with Crippen LogP contribution >= 0.6 is 0 Å². The number of amides is 1. The topological polar surface area (TPSA) is 29.1 Å². The van der Waals surface area contributed by atoms with Crippen molar-refractivity contribution in [1.29, 1.82) is 0 Å². The van der Waals surface area contributed by atoms with Crippen molar-refractivity contribution in [2.75, 3.05) is 6.54 Å². The number of halogens is 1. The second-order valence-electron chi connectivity index (χ2n) is 3.27. The Morgan fingerprint density at radius 2 is 2.08 bits per heavy atom. The van der Waals surface area contributed by atoms with Crippen LogP contribution in [0.15, 0.2) is 24.3 Å². The molecule has 1 aromatic rings. The van der Waals surface area contributed by atoms with Crippen LogP contribution in [-0.2, 0) is 11.2 Å². The van der Waals surface area contributed by atoms with Gasteiger partial charge in [-0.1, -0.05) is 12.1 Å². The van der Waals surface area contributed by atoms with Crippen molar-refractivity contribution in [2.24, 2.45) is 5.92 Å². The summed E-state index contributed by atoms with van der Waals surface area (Å²) in [4.78, 5) is 10.9. The van der Waals surface area contributed by atoms with Crippen LogP contribution in [0.5, 0.6) is 0 Å². The molecule has 1 aliphatic heterocycles. The lowest BCUT2D eigenvalue weighted by Crippen LogP contribution is -2.49. The SMILES string of the molecule is O=C1NCC1Cc1ccc(F)cc1. The maximum absolute atomic E-state index is 12.5. The summed E-state index contributed by atoms with van der Waals surface area (Å²) in [5.41, 5.74) is 1.02. The van der Waals surface area contributed by atoms with Crippen LogP contribution in [0.25, 0.3) is 0 Å². The van der Waals surface area contributed by atoms with E-state index in [1.165, 1.54) is 12.1 Å². The Kier molecular flexibility index (Phi) is 2.00. The molecule has 1 aromatic carbocycles. The van der Waals surface area contributed by atoms with Gasteiger partial charge in [0, 0.05) is 6.54 Å². The van der Waals surface area contributed by atoms with Gasteiger partial charge < -0.3 is 5.32 Å². The van der Waals surface area contributed by atoms with Crippen LogP contribution in [-0.4, -0.2) is 12.5 Å². The standard InChI is InChI=1S/C10H10FNO/c11-9-3-1-7(2-4-9)5-8-6-12-10(8)13/h1-4,8H,5-6H2,(H,12,13). The Hall–Kier alpha value is -1.38. The minimum atomic E-state index is -0.234. The van der Waals surface area contributed by atoms with Crippen molar-refractivity contribution in [3.63, 3.8) is 0 Å². The van der Waals surface area contributed by atoms with E-state index < -0.39 is 0 Å². The summed E-state index contributed by atoms with van der Waals surface area (Å²) in [6.07, 6.45) is 0.714. The minimum Gasteiger partial charge on any atom is -0.355 e. The Morgan fingerprint density at radius 3 is 2.54 bits per heavy atom. The average Bonchev–Trinajstić information content (AvgIpc) is 2.15. The van der Waals surface area contributed by atoms with Gasteiger partial charge in [-0.15, -0.1) is 0 Å². The summed E-state index contributed by atoms with van der Waals surface area (Å²) in [6, 6.07) is 6.29. The number of carbonyl (C=O) groups excluding carboxylic acids is 1. The molecule has 0 aliphatic carbocycles. The number of nitrogens with one attached hydrogen (secondary N) is 1. The highest BCUT2D eigenvalue weighted by molar-refractivity contribution is 5.84. The Balaban J connectivity index is 2.01. The quantitative estimate of drug-likeness (QED) is 0.677. The first kappa shape index (κ1) is 8.23. The Labute approximate surface area is 75.8 Å². The van der Waals surface area contributed by atoms with Gasteiger partial charge in [0.05, 0.1) is 5.92 Å². The highest BCUT2D eigenvalue weighted by atomic mass is 19.1. The molecular formula is C10H10FNO. The normalized spacial score (nSPS) is 20.7. The van der Waals surface area contributed by atoms with E-state index in [-0.39, 0.29) is 17.6 Å². The molecule has 2 rings (SSSR count). The van der Waals surface area contributed by atoms with E-state index in [2.05, 4.69) is 5.32 Å².